The predicted octanol–water partition coefficient (Wildman–Crippen LogP) is 2.98. The van der Waals surface area contributed by atoms with Crippen LogP contribution in [0.25, 0.3) is 0 Å². The number of aliphatic hydroxyl groups is 1. The van der Waals surface area contributed by atoms with Crippen LogP contribution in [0, 0.1) is 6.92 Å². The Hall–Kier alpha value is -2.48. The van der Waals surface area contributed by atoms with E-state index in [4.69, 9.17) is 0 Å². The molecule has 0 aliphatic carbocycles. The van der Waals surface area contributed by atoms with Crippen molar-refractivity contribution in [3.05, 3.63) is 71.4 Å². The van der Waals surface area contributed by atoms with Crippen molar-refractivity contribution < 1.29 is 5.11 Å². The average Bonchev–Trinajstić information content (AvgIpc) is 3.14. The Balaban J connectivity index is 0.00000256. The van der Waals surface area contributed by atoms with Gasteiger partial charge in [0.1, 0.15) is 5.82 Å². The molecule has 0 radical (unpaired) electrons. The van der Waals surface area contributed by atoms with Gasteiger partial charge in [-0.25, -0.2) is 4.98 Å². The maximum atomic E-state index is 9.39. The maximum Gasteiger partial charge on any atom is 0.147 e. The van der Waals surface area contributed by atoms with Gasteiger partial charge in [0.05, 0.1) is 25.0 Å². The lowest BCUT2D eigenvalue weighted by atomic mass is 10.00. The number of anilines is 1. The molecule has 0 amide bonds. The van der Waals surface area contributed by atoms with Crippen molar-refractivity contribution in [2.75, 3.05) is 24.5 Å². The highest BCUT2D eigenvalue weighted by Crippen LogP contribution is 2.29. The van der Waals surface area contributed by atoms with Crippen LogP contribution in [0.1, 0.15) is 35.3 Å². The summed E-state index contributed by atoms with van der Waals surface area (Å²) in [5.41, 5.74) is 4.69. The molecule has 3 aromatic rings. The summed E-state index contributed by atoms with van der Waals surface area (Å²) in [6.07, 6.45) is 7.28. The van der Waals surface area contributed by atoms with E-state index in [2.05, 4.69) is 55.5 Å². The lowest BCUT2D eigenvalue weighted by Crippen LogP contribution is -2.48. The van der Waals surface area contributed by atoms with Crippen LogP contribution < -0.4 is 4.90 Å². The number of hydrogen-bond donors (Lipinski definition) is 1. The Morgan fingerprint density at radius 3 is 2.53 bits per heavy atom. The van der Waals surface area contributed by atoms with Gasteiger partial charge in [-0.3, -0.25) is 14.6 Å². The first-order valence-corrected chi connectivity index (χ1v) is 10.2. The molecule has 1 N–H and O–H groups in total. The fraction of sp³-hybridized carbons (Fsp3) is 0.409. The minimum atomic E-state index is 0. The molecule has 160 valence electrons. The van der Waals surface area contributed by atoms with E-state index in [0.29, 0.717) is 0 Å². The van der Waals surface area contributed by atoms with Crippen LogP contribution in [0.2, 0.25) is 0 Å². The number of rotatable bonds is 6. The zero-order valence-corrected chi connectivity index (χ0v) is 18.3. The van der Waals surface area contributed by atoms with E-state index in [9.17, 15) is 5.11 Å². The molecule has 1 atom stereocenters. The summed E-state index contributed by atoms with van der Waals surface area (Å²) in [5, 5.41) is 13.9. The van der Waals surface area contributed by atoms with Crippen molar-refractivity contribution in [1.29, 1.82) is 0 Å². The predicted molar refractivity (Wildman–Crippen MR) is 120 cm³/mol. The van der Waals surface area contributed by atoms with Crippen LogP contribution in [0.3, 0.4) is 0 Å². The molecule has 0 saturated carbocycles. The van der Waals surface area contributed by atoms with Crippen LogP contribution in [-0.4, -0.2) is 49.4 Å². The minimum Gasteiger partial charge on any atom is -0.392 e. The van der Waals surface area contributed by atoms with E-state index in [1.165, 1.54) is 16.8 Å². The van der Waals surface area contributed by atoms with Gasteiger partial charge in [0, 0.05) is 56.4 Å². The number of benzene rings is 1. The molecular weight excluding hydrogens is 400 g/mol. The summed E-state index contributed by atoms with van der Waals surface area (Å²) >= 11 is 0. The van der Waals surface area contributed by atoms with Gasteiger partial charge in [-0.2, -0.15) is 5.10 Å². The smallest absolute Gasteiger partial charge is 0.147 e. The van der Waals surface area contributed by atoms with Crippen molar-refractivity contribution in [3.8, 4) is 0 Å². The molecule has 30 heavy (non-hydrogen) atoms. The first-order valence-electron chi connectivity index (χ1n) is 10.2. The highest BCUT2D eigenvalue weighted by Gasteiger charge is 2.29. The molecule has 1 aliphatic heterocycles. The van der Waals surface area contributed by atoms with Crippen molar-refractivity contribution >= 4 is 18.2 Å². The van der Waals surface area contributed by atoms with Crippen molar-refractivity contribution in [2.45, 2.75) is 39.6 Å². The van der Waals surface area contributed by atoms with Crippen LogP contribution in [-0.2, 0) is 19.7 Å². The van der Waals surface area contributed by atoms with Crippen LogP contribution >= 0.6 is 12.4 Å². The lowest BCUT2D eigenvalue weighted by Gasteiger charge is -2.42. The van der Waals surface area contributed by atoms with Gasteiger partial charge in [-0.05, 0) is 25.0 Å². The number of piperazine rings is 1. The molecule has 2 aromatic heterocycles. The molecule has 0 spiro atoms. The standard InChI is InChI=1S/C22H28N6O.ClH/c1-3-28-17(2)20(12-25-28)14-26-10-11-27(22-13-23-8-9-24-22)15-21(26)19-6-4-18(16-29)5-7-19;/h4-9,12-13,21,29H,3,10-11,14-16H2,1-2H3;1H. The van der Waals surface area contributed by atoms with E-state index < -0.39 is 0 Å². The molecule has 8 heteroatoms. The Morgan fingerprint density at radius 1 is 1.10 bits per heavy atom. The SMILES string of the molecule is CCn1ncc(CN2CCN(c3cnccn3)CC2c2ccc(CO)cc2)c1C.Cl. The summed E-state index contributed by atoms with van der Waals surface area (Å²) < 4.78 is 2.05. The molecular formula is C22H29ClN6O. The molecule has 1 saturated heterocycles. The summed E-state index contributed by atoms with van der Waals surface area (Å²) in [4.78, 5) is 13.5. The summed E-state index contributed by atoms with van der Waals surface area (Å²) in [6, 6.07) is 8.50. The van der Waals surface area contributed by atoms with E-state index in [1.807, 2.05) is 24.5 Å². The Kier molecular flexibility index (Phi) is 7.42. The quantitative estimate of drug-likeness (QED) is 0.650. The second-order valence-corrected chi connectivity index (χ2v) is 7.47. The molecule has 3 heterocycles. The number of nitrogens with zero attached hydrogens (tertiary/aromatic N) is 6. The Morgan fingerprint density at radius 2 is 1.90 bits per heavy atom. The molecule has 0 bridgehead atoms. The average molecular weight is 429 g/mol. The Bertz CT molecular complexity index is 931. The first-order chi connectivity index (χ1) is 14.2. The van der Waals surface area contributed by atoms with E-state index in [-0.39, 0.29) is 25.1 Å². The highest BCUT2D eigenvalue weighted by atomic mass is 35.5. The molecule has 7 nitrogen and oxygen atoms in total. The van der Waals surface area contributed by atoms with Gasteiger partial charge < -0.3 is 10.0 Å². The number of aromatic nitrogens is 4. The molecule has 1 fully saturated rings. The van der Waals surface area contributed by atoms with E-state index >= 15 is 0 Å². The highest BCUT2D eigenvalue weighted by molar-refractivity contribution is 5.85. The van der Waals surface area contributed by atoms with E-state index in [1.54, 1.807) is 12.4 Å². The minimum absolute atomic E-state index is 0. The first kappa shape index (κ1) is 22.2. The monoisotopic (exact) mass is 428 g/mol. The molecule has 1 unspecified atom stereocenters. The van der Waals surface area contributed by atoms with E-state index in [0.717, 1.165) is 44.1 Å². The molecule has 1 aromatic carbocycles. The third kappa shape index (κ3) is 4.64. The van der Waals surface area contributed by atoms with Gasteiger partial charge in [0.25, 0.3) is 0 Å². The van der Waals surface area contributed by atoms with Crippen LogP contribution in [0.15, 0.2) is 49.1 Å². The number of aliphatic hydroxyl groups excluding tert-OH is 1. The van der Waals surface area contributed by atoms with Crippen LogP contribution in [0.5, 0.6) is 0 Å². The van der Waals surface area contributed by atoms with Crippen molar-refractivity contribution in [3.63, 3.8) is 0 Å². The third-order valence-corrected chi connectivity index (χ3v) is 5.79. The lowest BCUT2D eigenvalue weighted by molar-refractivity contribution is 0.168. The largest absolute Gasteiger partial charge is 0.392 e. The summed E-state index contributed by atoms with van der Waals surface area (Å²) in [5.74, 6) is 0.916. The van der Waals surface area contributed by atoms with Gasteiger partial charge in [0.15, 0.2) is 0 Å². The topological polar surface area (TPSA) is 70.3 Å². The fourth-order valence-electron chi connectivity index (χ4n) is 4.01. The van der Waals surface area contributed by atoms with Crippen LogP contribution in [0.4, 0.5) is 5.82 Å². The number of aryl methyl sites for hydroxylation is 1. The number of halogens is 1. The van der Waals surface area contributed by atoms with Crippen molar-refractivity contribution in [2.24, 2.45) is 0 Å². The zero-order valence-electron chi connectivity index (χ0n) is 17.5. The van der Waals surface area contributed by atoms with Gasteiger partial charge >= 0.3 is 0 Å². The summed E-state index contributed by atoms with van der Waals surface area (Å²) in [7, 11) is 0. The maximum absolute atomic E-state index is 9.39. The van der Waals surface area contributed by atoms with Gasteiger partial charge in [0.2, 0.25) is 0 Å². The molecule has 4 rings (SSSR count). The normalized spacial score (nSPS) is 17.0. The number of hydrogen-bond acceptors (Lipinski definition) is 6. The van der Waals surface area contributed by atoms with Crippen molar-refractivity contribution in [1.82, 2.24) is 24.6 Å². The van der Waals surface area contributed by atoms with Gasteiger partial charge in [-0.1, -0.05) is 24.3 Å². The zero-order chi connectivity index (χ0) is 20.2. The second kappa shape index (κ2) is 10.0. The van der Waals surface area contributed by atoms with Gasteiger partial charge in [-0.15, -0.1) is 12.4 Å². The second-order valence-electron chi connectivity index (χ2n) is 7.47. The fourth-order valence-corrected chi connectivity index (χ4v) is 4.01. The molecule has 1 aliphatic rings. The third-order valence-electron chi connectivity index (χ3n) is 5.79. The summed E-state index contributed by atoms with van der Waals surface area (Å²) in [6.45, 7) is 8.77. The Labute approximate surface area is 183 Å².